The molecule has 0 saturated heterocycles. The molecule has 1 aliphatic rings. The highest BCUT2D eigenvalue weighted by molar-refractivity contribution is 6.07. The zero-order valence-corrected chi connectivity index (χ0v) is 30.5. The van der Waals surface area contributed by atoms with Gasteiger partial charge in [-0.15, -0.1) is 0 Å². The number of rotatable bonds is 10. The standard InChI is InChI=1S/C39H55N5O6/c1-27-24-44(28(2)26-45)38(47)33-23-31(40-39(48)41-34-17-11-15-30-14-7-8-16-32(30)34)19-20-35(33)50-29(3)13-9-10-22-49-36(27)25-43(6)37(46)18-12-21-42(4)5/h7-8,11,14-17,19-20,23,27-29,36,45H,9-10,12-13,18,21-22,24-26H2,1-6H3,(H2,40,41,48)/t27-,28-,29-,36-/m1/s1. The van der Waals surface area contributed by atoms with Crippen LogP contribution in [-0.2, 0) is 9.53 Å². The number of likely N-dealkylation sites (N-methyl/N-ethyl adjacent to an activating group) is 1. The van der Waals surface area contributed by atoms with Crippen LogP contribution in [0.2, 0.25) is 0 Å². The van der Waals surface area contributed by atoms with E-state index in [9.17, 15) is 19.5 Å². The van der Waals surface area contributed by atoms with Crippen molar-refractivity contribution in [3.63, 3.8) is 0 Å². The lowest BCUT2D eigenvalue weighted by Crippen LogP contribution is -2.48. The van der Waals surface area contributed by atoms with Gasteiger partial charge >= 0.3 is 6.03 Å². The largest absolute Gasteiger partial charge is 0.490 e. The number of amides is 4. The van der Waals surface area contributed by atoms with E-state index >= 15 is 0 Å². The molecule has 4 rings (SSSR count). The zero-order chi connectivity index (χ0) is 36.2. The maximum Gasteiger partial charge on any atom is 0.323 e. The molecule has 0 spiro atoms. The van der Waals surface area contributed by atoms with Crippen molar-refractivity contribution in [3.8, 4) is 5.75 Å². The quantitative estimate of drug-likeness (QED) is 0.236. The SMILES string of the molecule is C[C@@H]1CCCCO[C@H](CN(C)C(=O)CCCN(C)C)[C@H](C)CN([C@H](C)CO)C(=O)c2cc(NC(=O)Nc3cccc4ccccc34)ccc2O1. The van der Waals surface area contributed by atoms with Crippen LogP contribution in [0.15, 0.2) is 60.7 Å². The Labute approximate surface area is 296 Å². The minimum absolute atomic E-state index is 0.0585. The molecule has 0 radical (unpaired) electrons. The molecule has 50 heavy (non-hydrogen) atoms. The normalized spacial score (nSPS) is 19.6. The number of urea groups is 1. The Morgan fingerprint density at radius 2 is 1.78 bits per heavy atom. The van der Waals surface area contributed by atoms with Crippen molar-refractivity contribution in [2.45, 2.75) is 71.1 Å². The first kappa shape index (κ1) is 38.6. The number of carbonyl (C=O) groups is 3. The summed E-state index contributed by atoms with van der Waals surface area (Å²) in [5.41, 5.74) is 1.38. The molecule has 0 fully saturated rings. The van der Waals surface area contributed by atoms with Crippen LogP contribution in [0.5, 0.6) is 5.75 Å². The fraction of sp³-hybridized carbons (Fsp3) is 0.513. The van der Waals surface area contributed by atoms with Gasteiger partial charge in [0, 0.05) is 50.2 Å². The smallest absolute Gasteiger partial charge is 0.323 e. The molecule has 0 bridgehead atoms. The number of hydrogen-bond acceptors (Lipinski definition) is 7. The van der Waals surface area contributed by atoms with Crippen molar-refractivity contribution >= 4 is 40.0 Å². The first-order valence-corrected chi connectivity index (χ1v) is 17.7. The Bertz CT molecular complexity index is 1580. The first-order valence-electron chi connectivity index (χ1n) is 17.7. The first-order chi connectivity index (χ1) is 24.0. The molecule has 0 aromatic heterocycles. The number of benzene rings is 3. The van der Waals surface area contributed by atoms with Gasteiger partial charge in [-0.25, -0.2) is 4.79 Å². The van der Waals surface area contributed by atoms with Crippen LogP contribution in [0.4, 0.5) is 16.2 Å². The molecule has 4 amide bonds. The Balaban J connectivity index is 1.58. The molecule has 3 aromatic rings. The van der Waals surface area contributed by atoms with Gasteiger partial charge in [-0.2, -0.15) is 0 Å². The van der Waals surface area contributed by atoms with E-state index in [0.29, 0.717) is 36.7 Å². The fourth-order valence-electron chi connectivity index (χ4n) is 6.19. The van der Waals surface area contributed by atoms with Crippen molar-refractivity contribution < 1.29 is 29.0 Å². The number of hydrogen-bond donors (Lipinski definition) is 3. The van der Waals surface area contributed by atoms with Gasteiger partial charge in [-0.1, -0.05) is 43.3 Å². The number of nitrogens with zero attached hydrogens (tertiary/aromatic N) is 3. The van der Waals surface area contributed by atoms with Crippen LogP contribution in [0.25, 0.3) is 10.8 Å². The molecule has 3 aromatic carbocycles. The van der Waals surface area contributed by atoms with Crippen LogP contribution >= 0.6 is 0 Å². The van der Waals surface area contributed by atoms with Crippen LogP contribution < -0.4 is 15.4 Å². The van der Waals surface area contributed by atoms with Crippen molar-refractivity contribution in [2.24, 2.45) is 5.92 Å². The summed E-state index contributed by atoms with van der Waals surface area (Å²) in [7, 11) is 5.79. The van der Waals surface area contributed by atoms with E-state index < -0.39 is 12.1 Å². The molecule has 0 aliphatic carbocycles. The summed E-state index contributed by atoms with van der Waals surface area (Å²) in [5.74, 6) is -0.0204. The van der Waals surface area contributed by atoms with Crippen LogP contribution in [0, 0.1) is 5.92 Å². The Morgan fingerprint density at radius 1 is 1.02 bits per heavy atom. The van der Waals surface area contributed by atoms with Gasteiger partial charge in [-0.3, -0.25) is 9.59 Å². The average molecular weight is 690 g/mol. The van der Waals surface area contributed by atoms with E-state index in [4.69, 9.17) is 9.47 Å². The summed E-state index contributed by atoms with van der Waals surface area (Å²) in [5, 5.41) is 18.0. The summed E-state index contributed by atoms with van der Waals surface area (Å²) < 4.78 is 12.7. The summed E-state index contributed by atoms with van der Waals surface area (Å²) in [6.45, 7) is 7.58. The highest BCUT2D eigenvalue weighted by Crippen LogP contribution is 2.29. The van der Waals surface area contributed by atoms with Crippen LogP contribution in [0.3, 0.4) is 0 Å². The van der Waals surface area contributed by atoms with E-state index in [1.54, 1.807) is 42.0 Å². The van der Waals surface area contributed by atoms with E-state index in [1.165, 1.54) is 0 Å². The van der Waals surface area contributed by atoms with Gasteiger partial charge in [0.05, 0.1) is 36.1 Å². The van der Waals surface area contributed by atoms with Gasteiger partial charge < -0.3 is 39.9 Å². The highest BCUT2D eigenvalue weighted by Gasteiger charge is 2.31. The summed E-state index contributed by atoms with van der Waals surface area (Å²) in [6, 6.07) is 17.6. The molecule has 11 nitrogen and oxygen atoms in total. The number of fused-ring (bicyclic) bond motifs is 2. The van der Waals surface area contributed by atoms with E-state index in [2.05, 4.69) is 15.5 Å². The number of ether oxygens (including phenoxy) is 2. The van der Waals surface area contributed by atoms with Crippen molar-refractivity contribution in [3.05, 3.63) is 66.2 Å². The number of carbonyl (C=O) groups excluding carboxylic acids is 3. The molecular formula is C39H55N5O6. The maximum absolute atomic E-state index is 14.4. The van der Waals surface area contributed by atoms with Crippen molar-refractivity contribution in [2.75, 3.05) is 64.6 Å². The van der Waals surface area contributed by atoms with Crippen molar-refractivity contribution in [1.82, 2.24) is 14.7 Å². The van der Waals surface area contributed by atoms with E-state index in [-0.39, 0.29) is 48.7 Å². The molecule has 3 N–H and O–H groups in total. The number of anilines is 2. The molecule has 11 heteroatoms. The Morgan fingerprint density at radius 3 is 2.54 bits per heavy atom. The third-order valence-electron chi connectivity index (χ3n) is 9.22. The highest BCUT2D eigenvalue weighted by atomic mass is 16.5. The third-order valence-corrected chi connectivity index (χ3v) is 9.22. The second kappa shape index (κ2) is 18.7. The number of nitrogens with one attached hydrogen (secondary N) is 2. The number of aliphatic hydroxyl groups is 1. The second-order valence-electron chi connectivity index (χ2n) is 13.8. The van der Waals surface area contributed by atoms with Gasteiger partial charge in [0.1, 0.15) is 5.75 Å². The minimum atomic E-state index is -0.513. The van der Waals surface area contributed by atoms with Gasteiger partial charge in [0.25, 0.3) is 5.91 Å². The molecule has 272 valence electrons. The zero-order valence-electron chi connectivity index (χ0n) is 30.5. The van der Waals surface area contributed by atoms with Gasteiger partial charge in [-0.05, 0) is 89.8 Å². The second-order valence-corrected chi connectivity index (χ2v) is 13.8. The Hall–Kier alpha value is -4.19. The minimum Gasteiger partial charge on any atom is -0.490 e. The molecule has 1 aliphatic heterocycles. The average Bonchev–Trinajstić information content (AvgIpc) is 3.09. The topological polar surface area (TPSA) is 124 Å². The van der Waals surface area contributed by atoms with Gasteiger partial charge in [0.2, 0.25) is 5.91 Å². The van der Waals surface area contributed by atoms with Crippen LogP contribution in [-0.4, -0.2) is 110 Å². The fourth-order valence-corrected chi connectivity index (χ4v) is 6.19. The summed E-state index contributed by atoms with van der Waals surface area (Å²) in [6.07, 6.45) is 3.18. The predicted molar refractivity (Wildman–Crippen MR) is 199 cm³/mol. The molecular weight excluding hydrogens is 634 g/mol. The van der Waals surface area contributed by atoms with E-state index in [1.807, 2.05) is 70.4 Å². The van der Waals surface area contributed by atoms with E-state index in [0.717, 1.165) is 43.0 Å². The third kappa shape index (κ3) is 10.9. The molecule has 1 heterocycles. The summed E-state index contributed by atoms with van der Waals surface area (Å²) >= 11 is 0. The molecule has 0 unspecified atom stereocenters. The lowest BCUT2D eigenvalue weighted by Gasteiger charge is -2.36. The monoisotopic (exact) mass is 689 g/mol. The Kier molecular flexibility index (Phi) is 14.4. The molecule has 4 atom stereocenters. The number of aliphatic hydroxyl groups excluding tert-OH is 1. The maximum atomic E-state index is 14.4. The lowest BCUT2D eigenvalue weighted by atomic mass is 10.0. The van der Waals surface area contributed by atoms with Crippen molar-refractivity contribution in [1.29, 1.82) is 0 Å². The van der Waals surface area contributed by atoms with Crippen LogP contribution in [0.1, 0.15) is 63.2 Å². The summed E-state index contributed by atoms with van der Waals surface area (Å²) in [4.78, 5) is 46.1. The van der Waals surface area contributed by atoms with Gasteiger partial charge in [0.15, 0.2) is 0 Å². The predicted octanol–water partition coefficient (Wildman–Crippen LogP) is 6.08. The lowest BCUT2D eigenvalue weighted by molar-refractivity contribution is -0.132. The molecule has 0 saturated carbocycles.